The van der Waals surface area contributed by atoms with Gasteiger partial charge in [-0.05, 0) is 59.9 Å². The maximum Gasteiger partial charge on any atom is 0.267 e. The molecule has 0 radical (unpaired) electrons. The number of anilines is 1. The van der Waals surface area contributed by atoms with E-state index in [2.05, 4.69) is 25.0 Å². The van der Waals surface area contributed by atoms with Gasteiger partial charge in [0.15, 0.2) is 0 Å². The Morgan fingerprint density at radius 3 is 2.44 bits per heavy atom. The van der Waals surface area contributed by atoms with E-state index < -0.39 is 16.1 Å². The van der Waals surface area contributed by atoms with Crippen LogP contribution in [0, 0.1) is 0 Å². The Kier molecular flexibility index (Phi) is 9.24. The predicted molar refractivity (Wildman–Crippen MR) is 159 cm³/mol. The Balaban J connectivity index is 1.29. The lowest BCUT2D eigenvalue weighted by Gasteiger charge is -2.27. The van der Waals surface area contributed by atoms with Crippen molar-refractivity contribution in [1.29, 1.82) is 0 Å². The SMILES string of the molecule is COc1cc(OC)nc(NS(=O)(=O)c2cc(-c3ccc4c(c3)CCC(CNCC(O)c3cccnc3)O4)ccc2OC)n1. The number of fused-ring (bicyclic) bond motifs is 1. The number of ether oxygens (including phenoxy) is 4. The summed E-state index contributed by atoms with van der Waals surface area (Å²) < 4.78 is 51.1. The van der Waals surface area contributed by atoms with Crippen molar-refractivity contribution in [2.24, 2.45) is 0 Å². The molecule has 4 aromatic rings. The first-order chi connectivity index (χ1) is 20.8. The Bertz CT molecular complexity index is 1650. The van der Waals surface area contributed by atoms with Crippen LogP contribution in [0.25, 0.3) is 11.1 Å². The van der Waals surface area contributed by atoms with Gasteiger partial charge in [0.05, 0.1) is 33.5 Å². The summed E-state index contributed by atoms with van der Waals surface area (Å²) in [6, 6.07) is 15.8. The lowest BCUT2D eigenvalue weighted by Crippen LogP contribution is -2.36. The van der Waals surface area contributed by atoms with E-state index in [1.165, 1.54) is 27.4 Å². The number of hydrogen-bond donors (Lipinski definition) is 3. The number of nitrogens with one attached hydrogen (secondary N) is 2. The van der Waals surface area contributed by atoms with Gasteiger partial charge >= 0.3 is 0 Å². The summed E-state index contributed by atoms with van der Waals surface area (Å²) in [7, 11) is 0.0580. The molecule has 0 spiro atoms. The molecule has 2 atom stereocenters. The van der Waals surface area contributed by atoms with Gasteiger partial charge in [0, 0.05) is 31.0 Å². The number of hydrogen-bond acceptors (Lipinski definition) is 11. The highest BCUT2D eigenvalue weighted by atomic mass is 32.2. The van der Waals surface area contributed by atoms with E-state index in [-0.39, 0.29) is 34.5 Å². The van der Waals surface area contributed by atoms with Crippen LogP contribution in [0.3, 0.4) is 0 Å². The number of methoxy groups -OCH3 is 3. The van der Waals surface area contributed by atoms with Crippen LogP contribution in [0.1, 0.15) is 23.7 Å². The number of nitrogens with zero attached hydrogens (tertiary/aromatic N) is 3. The number of rotatable bonds is 12. The highest BCUT2D eigenvalue weighted by Crippen LogP contribution is 2.35. The van der Waals surface area contributed by atoms with Crippen molar-refractivity contribution >= 4 is 16.0 Å². The first-order valence-electron chi connectivity index (χ1n) is 13.6. The molecule has 12 nitrogen and oxygen atoms in total. The largest absolute Gasteiger partial charge is 0.495 e. The average Bonchev–Trinajstić information content (AvgIpc) is 3.04. The fraction of sp³-hybridized carbons (Fsp3) is 0.300. The van der Waals surface area contributed by atoms with Gasteiger partial charge in [-0.1, -0.05) is 18.2 Å². The molecule has 2 aromatic heterocycles. The van der Waals surface area contributed by atoms with Crippen molar-refractivity contribution in [3.63, 3.8) is 0 Å². The number of aliphatic hydroxyl groups is 1. The molecule has 5 rings (SSSR count). The maximum atomic E-state index is 13.4. The Labute approximate surface area is 250 Å². The molecule has 0 amide bonds. The van der Waals surface area contributed by atoms with Crippen LogP contribution in [0.2, 0.25) is 0 Å². The summed E-state index contributed by atoms with van der Waals surface area (Å²) in [6.45, 7) is 0.987. The number of sulfonamides is 1. The molecular formula is C30H33N5O7S. The summed E-state index contributed by atoms with van der Waals surface area (Å²) in [5.74, 6) is 1.02. The second-order valence-electron chi connectivity index (χ2n) is 9.81. The minimum atomic E-state index is -4.16. The molecular weight excluding hydrogens is 574 g/mol. The predicted octanol–water partition coefficient (Wildman–Crippen LogP) is 3.38. The highest BCUT2D eigenvalue weighted by molar-refractivity contribution is 7.92. The maximum absolute atomic E-state index is 13.4. The van der Waals surface area contributed by atoms with Crippen LogP contribution in [0.5, 0.6) is 23.3 Å². The molecule has 0 fully saturated rings. The van der Waals surface area contributed by atoms with Crippen LogP contribution < -0.4 is 29.0 Å². The van der Waals surface area contributed by atoms with Crippen LogP contribution in [-0.2, 0) is 16.4 Å². The average molecular weight is 608 g/mol. The fourth-order valence-corrected chi connectivity index (χ4v) is 5.88. The van der Waals surface area contributed by atoms with Crippen molar-refractivity contribution in [3.05, 3.63) is 78.1 Å². The van der Waals surface area contributed by atoms with Crippen molar-refractivity contribution in [3.8, 4) is 34.4 Å². The first-order valence-corrected chi connectivity index (χ1v) is 15.0. The van der Waals surface area contributed by atoms with E-state index in [0.29, 0.717) is 18.7 Å². The Morgan fingerprint density at radius 1 is 1.00 bits per heavy atom. The van der Waals surface area contributed by atoms with Gasteiger partial charge in [-0.25, -0.2) is 13.1 Å². The molecule has 2 aromatic carbocycles. The van der Waals surface area contributed by atoms with E-state index >= 15 is 0 Å². The zero-order valence-electron chi connectivity index (χ0n) is 24.0. The number of aryl methyl sites for hydroxylation is 1. The van der Waals surface area contributed by atoms with Gasteiger partial charge in [0.1, 0.15) is 22.5 Å². The molecule has 0 saturated carbocycles. The normalized spacial score (nSPS) is 15.1. The number of pyridine rings is 1. The summed E-state index contributed by atoms with van der Waals surface area (Å²) in [4.78, 5) is 12.1. The second-order valence-corrected chi connectivity index (χ2v) is 11.5. The third-order valence-electron chi connectivity index (χ3n) is 6.98. The first kappa shape index (κ1) is 30.0. The van der Waals surface area contributed by atoms with Gasteiger partial charge < -0.3 is 29.4 Å². The molecule has 1 aliphatic heterocycles. The zero-order valence-corrected chi connectivity index (χ0v) is 24.8. The molecule has 3 heterocycles. The number of aliphatic hydroxyl groups excluding tert-OH is 1. The molecule has 226 valence electrons. The smallest absolute Gasteiger partial charge is 0.267 e. The van der Waals surface area contributed by atoms with Crippen LogP contribution in [-0.4, -0.2) is 69.0 Å². The highest BCUT2D eigenvalue weighted by Gasteiger charge is 2.24. The molecule has 3 N–H and O–H groups in total. The summed E-state index contributed by atoms with van der Waals surface area (Å²) >= 11 is 0. The van der Waals surface area contributed by atoms with Crippen LogP contribution in [0.4, 0.5) is 5.95 Å². The van der Waals surface area contributed by atoms with Gasteiger partial charge in [-0.2, -0.15) is 9.97 Å². The third-order valence-corrected chi connectivity index (χ3v) is 8.33. The van der Waals surface area contributed by atoms with E-state index in [1.54, 1.807) is 36.7 Å². The third kappa shape index (κ3) is 7.13. The van der Waals surface area contributed by atoms with Crippen molar-refractivity contribution in [2.75, 3.05) is 39.1 Å². The number of aromatic nitrogens is 3. The van der Waals surface area contributed by atoms with Gasteiger partial charge in [0.25, 0.3) is 10.0 Å². The van der Waals surface area contributed by atoms with E-state index in [4.69, 9.17) is 18.9 Å². The minimum Gasteiger partial charge on any atom is -0.495 e. The molecule has 43 heavy (non-hydrogen) atoms. The lowest BCUT2D eigenvalue weighted by molar-refractivity contribution is 0.146. The summed E-state index contributed by atoms with van der Waals surface area (Å²) in [6.07, 6.45) is 4.22. The van der Waals surface area contributed by atoms with E-state index in [0.717, 1.165) is 35.3 Å². The molecule has 0 aliphatic carbocycles. The Hall–Kier alpha value is -4.46. The van der Waals surface area contributed by atoms with Gasteiger partial charge in [-0.15, -0.1) is 0 Å². The monoisotopic (exact) mass is 607 g/mol. The quantitative estimate of drug-likeness (QED) is 0.217. The summed E-state index contributed by atoms with van der Waals surface area (Å²) in [5.41, 5.74) is 3.30. The second kappa shape index (κ2) is 13.2. The summed E-state index contributed by atoms with van der Waals surface area (Å²) in [5, 5.41) is 13.6. The van der Waals surface area contributed by atoms with Crippen molar-refractivity contribution in [1.82, 2.24) is 20.3 Å². The molecule has 2 unspecified atom stereocenters. The minimum absolute atomic E-state index is 0.0410. The van der Waals surface area contributed by atoms with E-state index in [9.17, 15) is 13.5 Å². The zero-order chi connectivity index (χ0) is 30.4. The van der Waals surface area contributed by atoms with Gasteiger partial charge in [0.2, 0.25) is 17.7 Å². The number of benzene rings is 2. The van der Waals surface area contributed by atoms with Crippen LogP contribution in [0.15, 0.2) is 71.9 Å². The van der Waals surface area contributed by atoms with Crippen LogP contribution >= 0.6 is 0 Å². The van der Waals surface area contributed by atoms with Gasteiger partial charge in [-0.3, -0.25) is 4.98 Å². The molecule has 13 heteroatoms. The lowest BCUT2D eigenvalue weighted by atomic mass is 9.97. The molecule has 0 saturated heterocycles. The topological polar surface area (TPSA) is 154 Å². The molecule has 1 aliphatic rings. The van der Waals surface area contributed by atoms with E-state index in [1.807, 2.05) is 24.3 Å². The molecule has 0 bridgehead atoms. The Morgan fingerprint density at radius 2 is 1.74 bits per heavy atom. The fourth-order valence-electron chi connectivity index (χ4n) is 4.74. The van der Waals surface area contributed by atoms with Crippen molar-refractivity contribution < 1.29 is 32.5 Å². The van der Waals surface area contributed by atoms with Crippen molar-refractivity contribution in [2.45, 2.75) is 29.9 Å². The standard InChI is InChI=1S/C30H33N5O7S/c1-39-26-11-8-20(14-27(26)43(37,38)35-30-33-28(40-2)15-29(34-30)41-3)19-7-10-25-21(13-19)6-9-23(42-25)17-32-18-24(36)22-5-4-12-31-16-22/h4-5,7-8,10-16,23-24,32,36H,6,9,17-18H2,1-3H3,(H,33,34,35).